The van der Waals surface area contributed by atoms with Gasteiger partial charge in [-0.1, -0.05) is 0 Å². The van der Waals surface area contributed by atoms with E-state index in [1.54, 1.807) is 22.6 Å². The number of carbonyl (C=O) groups excluding carboxylic acids is 2. The molecule has 1 aromatic carbocycles. The summed E-state index contributed by atoms with van der Waals surface area (Å²) in [6, 6.07) is 5.89. The lowest BCUT2D eigenvalue weighted by Gasteiger charge is -2.37. The van der Waals surface area contributed by atoms with E-state index in [1.165, 1.54) is 19.2 Å². The second-order valence-corrected chi connectivity index (χ2v) is 11.4. The average molecular weight is 517 g/mol. The van der Waals surface area contributed by atoms with Crippen LogP contribution in [0.4, 0.5) is 10.5 Å². The molecule has 2 aliphatic heterocycles. The molecule has 1 unspecified atom stereocenters. The number of aromatic nitrogens is 2. The highest BCUT2D eigenvalue weighted by Crippen LogP contribution is 2.35. The number of nitrogens with zero attached hydrogens (tertiary/aromatic N) is 4. The van der Waals surface area contributed by atoms with Crippen molar-refractivity contribution in [1.29, 1.82) is 0 Å². The van der Waals surface area contributed by atoms with Crippen LogP contribution in [0.25, 0.3) is 0 Å². The zero-order chi connectivity index (χ0) is 25.9. The third kappa shape index (κ3) is 5.27. The minimum atomic E-state index is -3.60. The number of benzene rings is 1. The second-order valence-electron chi connectivity index (χ2n) is 9.43. The molecule has 2 aliphatic rings. The SMILES string of the molecule is CCN(CC)C(=O)c1cnn2c1CC(C1CCN(S(=O)(=O)c3ccc(NC(=O)NC)cc3)CC1)CC2. The lowest BCUT2D eigenvalue weighted by atomic mass is 9.78. The Labute approximate surface area is 213 Å². The molecule has 2 N–H and O–H groups in total. The van der Waals surface area contributed by atoms with Gasteiger partial charge in [0.25, 0.3) is 5.91 Å². The van der Waals surface area contributed by atoms with Crippen LogP contribution in [0.1, 0.15) is 49.2 Å². The largest absolute Gasteiger partial charge is 0.341 e. The van der Waals surface area contributed by atoms with Gasteiger partial charge < -0.3 is 15.5 Å². The van der Waals surface area contributed by atoms with E-state index in [0.717, 1.165) is 37.9 Å². The smallest absolute Gasteiger partial charge is 0.318 e. The number of fused-ring (bicyclic) bond motifs is 1. The van der Waals surface area contributed by atoms with Gasteiger partial charge in [0.1, 0.15) is 0 Å². The Bertz CT molecular complexity index is 1180. The van der Waals surface area contributed by atoms with Crippen LogP contribution in [0, 0.1) is 11.8 Å². The van der Waals surface area contributed by atoms with Crippen LogP contribution in [0.15, 0.2) is 35.4 Å². The fraction of sp³-hybridized carbons (Fsp3) is 0.560. The summed E-state index contributed by atoms with van der Waals surface area (Å²) in [7, 11) is -2.08. The maximum atomic E-state index is 13.2. The number of rotatable bonds is 7. The van der Waals surface area contributed by atoms with Gasteiger partial charge >= 0.3 is 6.03 Å². The van der Waals surface area contributed by atoms with E-state index in [1.807, 2.05) is 23.4 Å². The van der Waals surface area contributed by atoms with Crippen LogP contribution in [-0.4, -0.2) is 72.6 Å². The first-order valence-corrected chi connectivity index (χ1v) is 14.1. The molecular weight excluding hydrogens is 480 g/mol. The summed E-state index contributed by atoms with van der Waals surface area (Å²) in [5, 5.41) is 9.56. The second kappa shape index (κ2) is 11.0. The standard InChI is InChI=1S/C25H36N6O4S/c1-4-29(5-2)24(32)22-17-27-31-15-12-19(16-23(22)31)18-10-13-30(14-11-18)36(34,35)21-8-6-20(7-9-21)28-25(33)26-3/h6-9,17-19H,4-5,10-16H2,1-3H3,(H2,26,28,33). The Balaban J connectivity index is 1.38. The Morgan fingerprint density at radius 2 is 1.67 bits per heavy atom. The molecule has 2 aromatic rings. The van der Waals surface area contributed by atoms with Crippen LogP contribution in [0.3, 0.4) is 0 Å². The number of hydrogen-bond acceptors (Lipinski definition) is 5. The van der Waals surface area contributed by atoms with E-state index >= 15 is 0 Å². The molecule has 1 aromatic heterocycles. The van der Waals surface area contributed by atoms with Crippen molar-refractivity contribution in [1.82, 2.24) is 24.3 Å². The normalized spacial score (nSPS) is 18.9. The van der Waals surface area contributed by atoms with E-state index in [0.29, 0.717) is 49.3 Å². The highest BCUT2D eigenvalue weighted by atomic mass is 32.2. The Morgan fingerprint density at radius 1 is 1.03 bits per heavy atom. The van der Waals surface area contributed by atoms with Crippen molar-refractivity contribution in [2.24, 2.45) is 11.8 Å². The minimum Gasteiger partial charge on any atom is -0.341 e. The third-order valence-corrected chi connectivity index (χ3v) is 9.45. The number of piperidine rings is 1. The fourth-order valence-corrected chi connectivity index (χ4v) is 6.83. The Morgan fingerprint density at radius 3 is 2.28 bits per heavy atom. The number of sulfonamides is 1. The van der Waals surface area contributed by atoms with Gasteiger partial charge in [-0.25, -0.2) is 13.2 Å². The lowest BCUT2D eigenvalue weighted by molar-refractivity contribution is 0.0770. The van der Waals surface area contributed by atoms with Crippen molar-refractivity contribution >= 4 is 27.6 Å². The topological polar surface area (TPSA) is 117 Å². The van der Waals surface area contributed by atoms with Crippen LogP contribution in [0.2, 0.25) is 0 Å². The molecule has 4 rings (SSSR count). The minimum absolute atomic E-state index is 0.0411. The highest BCUT2D eigenvalue weighted by molar-refractivity contribution is 7.89. The number of amides is 3. The maximum Gasteiger partial charge on any atom is 0.318 e. The van der Waals surface area contributed by atoms with Crippen molar-refractivity contribution in [3.05, 3.63) is 41.7 Å². The fourth-order valence-electron chi connectivity index (χ4n) is 5.36. The summed E-state index contributed by atoms with van der Waals surface area (Å²) in [4.78, 5) is 26.5. The summed E-state index contributed by atoms with van der Waals surface area (Å²) < 4.78 is 29.9. The number of aryl methyl sites for hydroxylation is 1. The molecule has 11 heteroatoms. The Hall–Kier alpha value is -2.92. The number of carbonyl (C=O) groups is 2. The van der Waals surface area contributed by atoms with Gasteiger partial charge in [-0.15, -0.1) is 0 Å². The van der Waals surface area contributed by atoms with Crippen molar-refractivity contribution in [2.75, 3.05) is 38.5 Å². The molecule has 0 bridgehead atoms. The van der Waals surface area contributed by atoms with E-state index in [9.17, 15) is 18.0 Å². The molecule has 0 spiro atoms. The van der Waals surface area contributed by atoms with E-state index < -0.39 is 10.0 Å². The molecule has 0 saturated carbocycles. The van der Waals surface area contributed by atoms with Crippen LogP contribution < -0.4 is 10.6 Å². The van der Waals surface area contributed by atoms with Gasteiger partial charge in [0.05, 0.1) is 22.3 Å². The molecule has 3 amide bonds. The van der Waals surface area contributed by atoms with E-state index in [2.05, 4.69) is 15.7 Å². The van der Waals surface area contributed by atoms with Gasteiger partial charge in [-0.3, -0.25) is 9.48 Å². The van der Waals surface area contributed by atoms with E-state index in [-0.39, 0.29) is 16.8 Å². The van der Waals surface area contributed by atoms with Crippen molar-refractivity contribution < 1.29 is 18.0 Å². The van der Waals surface area contributed by atoms with Gasteiger partial charge in [-0.2, -0.15) is 9.40 Å². The average Bonchev–Trinajstić information content (AvgIpc) is 3.33. The number of anilines is 1. The van der Waals surface area contributed by atoms with Crippen LogP contribution in [-0.2, 0) is 23.0 Å². The molecule has 36 heavy (non-hydrogen) atoms. The Kier molecular flexibility index (Phi) is 7.99. The molecule has 1 fully saturated rings. The molecule has 1 atom stereocenters. The monoisotopic (exact) mass is 516 g/mol. The predicted molar refractivity (Wildman–Crippen MR) is 137 cm³/mol. The molecule has 196 valence electrons. The third-order valence-electron chi connectivity index (χ3n) is 7.54. The molecule has 1 saturated heterocycles. The van der Waals surface area contributed by atoms with Gasteiger partial charge in [-0.05, 0) is 75.6 Å². The highest BCUT2D eigenvalue weighted by Gasteiger charge is 2.35. The summed E-state index contributed by atoms with van der Waals surface area (Å²) in [6.45, 7) is 7.06. The number of nitrogens with one attached hydrogen (secondary N) is 2. The van der Waals surface area contributed by atoms with Gasteiger partial charge in [0.15, 0.2) is 0 Å². The molecule has 0 aliphatic carbocycles. The first kappa shape index (κ1) is 26.2. The molecule has 10 nitrogen and oxygen atoms in total. The maximum absolute atomic E-state index is 13.2. The molecule has 3 heterocycles. The van der Waals surface area contributed by atoms with Crippen LogP contribution in [0.5, 0.6) is 0 Å². The zero-order valence-corrected chi connectivity index (χ0v) is 22.1. The summed E-state index contributed by atoms with van der Waals surface area (Å²) in [6.07, 6.45) is 5.11. The summed E-state index contributed by atoms with van der Waals surface area (Å²) >= 11 is 0. The van der Waals surface area contributed by atoms with Crippen LogP contribution >= 0.6 is 0 Å². The predicted octanol–water partition coefficient (Wildman–Crippen LogP) is 2.78. The summed E-state index contributed by atoms with van der Waals surface area (Å²) in [5.74, 6) is 0.868. The number of urea groups is 1. The zero-order valence-electron chi connectivity index (χ0n) is 21.2. The first-order chi connectivity index (χ1) is 17.3. The lowest BCUT2D eigenvalue weighted by Crippen LogP contribution is -2.41. The summed E-state index contributed by atoms with van der Waals surface area (Å²) in [5.41, 5.74) is 2.25. The quantitative estimate of drug-likeness (QED) is 0.587. The first-order valence-electron chi connectivity index (χ1n) is 12.7. The van der Waals surface area contributed by atoms with Crippen molar-refractivity contribution in [3.8, 4) is 0 Å². The molecule has 0 radical (unpaired) electrons. The van der Waals surface area contributed by atoms with Crippen molar-refractivity contribution in [3.63, 3.8) is 0 Å². The van der Waals surface area contributed by atoms with Crippen molar-refractivity contribution in [2.45, 2.75) is 51.0 Å². The van der Waals surface area contributed by atoms with Gasteiger partial charge in [0.2, 0.25) is 10.0 Å². The van der Waals surface area contributed by atoms with Gasteiger partial charge in [0, 0.05) is 45.5 Å². The molecular formula is C25H36N6O4S. The van der Waals surface area contributed by atoms with E-state index in [4.69, 9.17) is 0 Å². The number of hydrogen-bond donors (Lipinski definition) is 2.